The van der Waals surface area contributed by atoms with Crippen LogP contribution in [0.4, 0.5) is 4.79 Å². The van der Waals surface area contributed by atoms with Crippen LogP contribution >= 0.6 is 11.6 Å². The Hall–Kier alpha value is -1.30. The van der Waals surface area contributed by atoms with Crippen molar-refractivity contribution in [3.63, 3.8) is 0 Å². The van der Waals surface area contributed by atoms with E-state index in [0.29, 0.717) is 13.1 Å². The minimum atomic E-state index is -0.107. The molecule has 0 unspecified atom stereocenters. The second kappa shape index (κ2) is 9.66. The molecule has 1 aliphatic rings. The summed E-state index contributed by atoms with van der Waals surface area (Å²) in [5.74, 6) is 0. The molecule has 0 radical (unpaired) electrons. The molecular formula is C16H24ClN3O2. The smallest absolute Gasteiger partial charge is 0.314 e. The van der Waals surface area contributed by atoms with Crippen molar-refractivity contribution in [3.05, 3.63) is 34.9 Å². The van der Waals surface area contributed by atoms with E-state index < -0.39 is 0 Å². The van der Waals surface area contributed by atoms with E-state index in [1.165, 1.54) is 0 Å². The number of urea groups is 1. The summed E-state index contributed by atoms with van der Waals surface area (Å²) in [7, 11) is 0. The third kappa shape index (κ3) is 6.64. The van der Waals surface area contributed by atoms with Crippen molar-refractivity contribution in [3.8, 4) is 0 Å². The fourth-order valence-electron chi connectivity index (χ4n) is 2.40. The van der Waals surface area contributed by atoms with Crippen molar-refractivity contribution < 1.29 is 9.53 Å². The van der Waals surface area contributed by atoms with E-state index in [9.17, 15) is 4.79 Å². The van der Waals surface area contributed by atoms with E-state index in [0.717, 1.165) is 56.3 Å². The van der Waals surface area contributed by atoms with Crippen LogP contribution in [0.2, 0.25) is 5.02 Å². The van der Waals surface area contributed by atoms with Gasteiger partial charge in [0.25, 0.3) is 0 Å². The second-order valence-corrected chi connectivity index (χ2v) is 5.81. The van der Waals surface area contributed by atoms with Gasteiger partial charge in [0.05, 0.1) is 13.2 Å². The van der Waals surface area contributed by atoms with E-state index >= 15 is 0 Å². The largest absolute Gasteiger partial charge is 0.379 e. The Morgan fingerprint density at radius 1 is 1.23 bits per heavy atom. The van der Waals surface area contributed by atoms with Gasteiger partial charge in [-0.2, -0.15) is 0 Å². The molecule has 0 saturated carbocycles. The number of benzene rings is 1. The zero-order valence-electron chi connectivity index (χ0n) is 12.8. The molecule has 1 aliphatic heterocycles. The van der Waals surface area contributed by atoms with Crippen LogP contribution in [0.5, 0.6) is 0 Å². The summed E-state index contributed by atoms with van der Waals surface area (Å²) >= 11 is 5.92. The molecule has 0 atom stereocenters. The van der Waals surface area contributed by atoms with Crippen LogP contribution in [0, 0.1) is 0 Å². The number of hydrogen-bond donors (Lipinski definition) is 2. The highest BCUT2D eigenvalue weighted by Gasteiger charge is 2.09. The van der Waals surface area contributed by atoms with Gasteiger partial charge < -0.3 is 15.4 Å². The minimum Gasteiger partial charge on any atom is -0.379 e. The molecule has 0 aromatic heterocycles. The maximum atomic E-state index is 11.7. The van der Waals surface area contributed by atoms with Crippen LogP contribution in [0.1, 0.15) is 12.0 Å². The molecule has 1 aromatic rings. The number of ether oxygens (including phenoxy) is 1. The topological polar surface area (TPSA) is 53.6 Å². The lowest BCUT2D eigenvalue weighted by molar-refractivity contribution is 0.0375. The first-order valence-electron chi connectivity index (χ1n) is 7.80. The van der Waals surface area contributed by atoms with Gasteiger partial charge in [0.2, 0.25) is 0 Å². The fourth-order valence-corrected chi connectivity index (χ4v) is 2.62. The Morgan fingerprint density at radius 3 is 2.77 bits per heavy atom. The molecular weight excluding hydrogens is 302 g/mol. The number of hydrogen-bond acceptors (Lipinski definition) is 3. The lowest BCUT2D eigenvalue weighted by Crippen LogP contribution is -2.40. The van der Waals surface area contributed by atoms with E-state index in [1.807, 2.05) is 24.3 Å². The van der Waals surface area contributed by atoms with Crippen molar-refractivity contribution in [1.82, 2.24) is 15.5 Å². The van der Waals surface area contributed by atoms with E-state index in [1.54, 1.807) is 0 Å². The lowest BCUT2D eigenvalue weighted by Gasteiger charge is -2.26. The van der Waals surface area contributed by atoms with Crippen molar-refractivity contribution in [2.75, 3.05) is 45.9 Å². The number of nitrogens with one attached hydrogen (secondary N) is 2. The number of carbonyl (C=O) groups excluding carboxylic acids is 1. The Kier molecular flexibility index (Phi) is 7.49. The monoisotopic (exact) mass is 325 g/mol. The predicted octanol–water partition coefficient (Wildman–Crippen LogP) is 1.90. The molecule has 2 amide bonds. The molecule has 1 saturated heterocycles. The van der Waals surface area contributed by atoms with Crippen LogP contribution < -0.4 is 10.6 Å². The van der Waals surface area contributed by atoms with Gasteiger partial charge in [-0.25, -0.2) is 4.79 Å². The molecule has 122 valence electrons. The van der Waals surface area contributed by atoms with Gasteiger partial charge >= 0.3 is 6.03 Å². The van der Waals surface area contributed by atoms with Crippen molar-refractivity contribution in [1.29, 1.82) is 0 Å². The Morgan fingerprint density at radius 2 is 2.00 bits per heavy atom. The summed E-state index contributed by atoms with van der Waals surface area (Å²) < 4.78 is 5.30. The van der Waals surface area contributed by atoms with Crippen LogP contribution in [-0.4, -0.2) is 56.9 Å². The second-order valence-electron chi connectivity index (χ2n) is 5.37. The maximum Gasteiger partial charge on any atom is 0.314 e. The molecule has 0 bridgehead atoms. The van der Waals surface area contributed by atoms with Gasteiger partial charge in [0, 0.05) is 31.2 Å². The number of halogens is 1. The number of morpholine rings is 1. The quantitative estimate of drug-likeness (QED) is 0.753. The highest BCUT2D eigenvalue weighted by Crippen LogP contribution is 2.10. The van der Waals surface area contributed by atoms with Crippen LogP contribution in [0.25, 0.3) is 0 Å². The Balaban J connectivity index is 1.50. The van der Waals surface area contributed by atoms with Crippen LogP contribution in [0.15, 0.2) is 24.3 Å². The van der Waals surface area contributed by atoms with E-state index in [2.05, 4.69) is 15.5 Å². The summed E-state index contributed by atoms with van der Waals surface area (Å²) in [5, 5.41) is 6.48. The number of amides is 2. The summed E-state index contributed by atoms with van der Waals surface area (Å²) in [4.78, 5) is 14.0. The molecule has 1 heterocycles. The first-order valence-corrected chi connectivity index (χ1v) is 8.18. The third-order valence-corrected chi connectivity index (χ3v) is 3.86. The lowest BCUT2D eigenvalue weighted by atomic mass is 10.1. The highest BCUT2D eigenvalue weighted by molar-refractivity contribution is 6.30. The Labute approximate surface area is 137 Å². The SMILES string of the molecule is O=C(NCCCN1CCOCC1)NCCc1cccc(Cl)c1. The Bertz CT molecular complexity index is 464. The first kappa shape index (κ1) is 17.1. The first-order chi connectivity index (χ1) is 10.7. The van der Waals surface area contributed by atoms with Crippen molar-refractivity contribution >= 4 is 17.6 Å². The number of carbonyl (C=O) groups is 1. The molecule has 0 aliphatic carbocycles. The molecule has 1 fully saturated rings. The summed E-state index contributed by atoms with van der Waals surface area (Å²) in [6.45, 7) is 5.93. The average molecular weight is 326 g/mol. The molecule has 2 rings (SSSR count). The minimum absolute atomic E-state index is 0.107. The average Bonchev–Trinajstić information content (AvgIpc) is 2.53. The number of rotatable bonds is 7. The molecule has 2 N–H and O–H groups in total. The highest BCUT2D eigenvalue weighted by atomic mass is 35.5. The van der Waals surface area contributed by atoms with E-state index in [-0.39, 0.29) is 6.03 Å². The zero-order chi connectivity index (χ0) is 15.6. The van der Waals surface area contributed by atoms with Crippen LogP contribution in [-0.2, 0) is 11.2 Å². The predicted molar refractivity (Wildman–Crippen MR) is 88.4 cm³/mol. The maximum absolute atomic E-state index is 11.7. The number of nitrogens with zero attached hydrogens (tertiary/aromatic N) is 1. The van der Waals surface area contributed by atoms with Crippen molar-refractivity contribution in [2.24, 2.45) is 0 Å². The van der Waals surface area contributed by atoms with Gasteiger partial charge in [-0.05, 0) is 37.1 Å². The normalized spacial score (nSPS) is 15.5. The van der Waals surface area contributed by atoms with E-state index in [4.69, 9.17) is 16.3 Å². The van der Waals surface area contributed by atoms with Gasteiger partial charge in [0.1, 0.15) is 0 Å². The van der Waals surface area contributed by atoms with Crippen LogP contribution in [0.3, 0.4) is 0 Å². The standard InChI is InChI=1S/C16H24ClN3O2/c17-15-4-1-3-14(13-15)5-7-19-16(21)18-6-2-8-20-9-11-22-12-10-20/h1,3-4,13H,2,5-12H2,(H2,18,19,21). The summed E-state index contributed by atoms with van der Waals surface area (Å²) in [5.41, 5.74) is 1.13. The van der Waals surface area contributed by atoms with Gasteiger partial charge in [-0.1, -0.05) is 23.7 Å². The fraction of sp³-hybridized carbons (Fsp3) is 0.562. The zero-order valence-corrected chi connectivity index (χ0v) is 13.6. The molecule has 1 aromatic carbocycles. The van der Waals surface area contributed by atoms with Gasteiger partial charge in [-0.15, -0.1) is 0 Å². The summed E-state index contributed by atoms with van der Waals surface area (Å²) in [6, 6.07) is 7.59. The molecule has 0 spiro atoms. The molecule has 6 heteroatoms. The molecule has 22 heavy (non-hydrogen) atoms. The third-order valence-electron chi connectivity index (χ3n) is 3.63. The molecule has 5 nitrogen and oxygen atoms in total. The van der Waals surface area contributed by atoms with Gasteiger partial charge in [-0.3, -0.25) is 4.90 Å². The van der Waals surface area contributed by atoms with Crippen molar-refractivity contribution in [2.45, 2.75) is 12.8 Å². The van der Waals surface area contributed by atoms with Gasteiger partial charge in [0.15, 0.2) is 0 Å². The summed E-state index contributed by atoms with van der Waals surface area (Å²) in [6.07, 6.45) is 1.74.